The molecule has 1 fully saturated rings. The molecule has 0 bridgehead atoms. The van der Waals surface area contributed by atoms with Crippen LogP contribution in [0.3, 0.4) is 0 Å². The lowest BCUT2D eigenvalue weighted by molar-refractivity contribution is -0.245. The second-order valence-electron chi connectivity index (χ2n) is 14.1. The minimum absolute atomic E-state index is 0.0283. The number of nitrogens with zero attached hydrogens (tertiary/aromatic N) is 1. The summed E-state index contributed by atoms with van der Waals surface area (Å²) < 4.78 is 19.8. The number of hydrogen-bond donors (Lipinski definition) is 3. The fourth-order valence-corrected chi connectivity index (χ4v) is 7.72. The van der Waals surface area contributed by atoms with Crippen molar-refractivity contribution in [3.63, 3.8) is 0 Å². The smallest absolute Gasteiger partial charge is 0.303 e. The van der Waals surface area contributed by atoms with E-state index in [4.69, 9.17) is 24.0 Å². The highest BCUT2D eigenvalue weighted by molar-refractivity contribution is 7.99. The molecule has 1 amide bonds. The van der Waals surface area contributed by atoms with E-state index in [9.17, 15) is 14.7 Å². The number of benzene rings is 5. The number of amides is 1. The minimum atomic E-state index is -0.809. The monoisotopic (exact) mass is 782 g/mol. The summed E-state index contributed by atoms with van der Waals surface area (Å²) in [6.45, 7) is 0.371. The summed E-state index contributed by atoms with van der Waals surface area (Å²) in [5, 5.41) is 22.0. The van der Waals surface area contributed by atoms with E-state index in [1.54, 1.807) is 0 Å². The van der Waals surface area contributed by atoms with E-state index in [-0.39, 0.29) is 31.1 Å². The number of aromatic nitrogens is 1. The van der Waals surface area contributed by atoms with Crippen LogP contribution < -0.4 is 5.32 Å². The molecule has 6 aromatic rings. The highest BCUT2D eigenvalue weighted by Gasteiger charge is 2.33. The Morgan fingerprint density at radius 2 is 1.39 bits per heavy atom. The number of ether oxygens (including phenoxy) is 2. The van der Waals surface area contributed by atoms with Gasteiger partial charge in [-0.15, -0.1) is 0 Å². The van der Waals surface area contributed by atoms with Crippen LogP contribution in [0.15, 0.2) is 143 Å². The summed E-state index contributed by atoms with van der Waals surface area (Å²) in [6, 6.07) is 44.2. The maximum absolute atomic E-state index is 12.5. The number of aliphatic carboxylic acids is 1. The zero-order valence-electron chi connectivity index (χ0n) is 31.6. The number of unbranched alkanes of at least 4 members (excludes halogenated alkanes) is 2. The van der Waals surface area contributed by atoms with E-state index in [0.29, 0.717) is 49.6 Å². The molecule has 292 valence electrons. The molecule has 3 N–H and O–H groups in total. The number of aliphatic hydroxyl groups excluding tert-OH is 1. The summed E-state index contributed by atoms with van der Waals surface area (Å²) in [6.07, 6.45) is 1.98. The van der Waals surface area contributed by atoms with Crippen LogP contribution in [0, 0.1) is 0 Å². The summed E-state index contributed by atoms with van der Waals surface area (Å²) in [5.74, 6) is 0.457. The van der Waals surface area contributed by atoms with Crippen LogP contribution in [-0.2, 0) is 32.2 Å². The Morgan fingerprint density at radius 3 is 2.12 bits per heavy atom. The van der Waals surface area contributed by atoms with Crippen molar-refractivity contribution in [3.05, 3.63) is 156 Å². The van der Waals surface area contributed by atoms with Crippen LogP contribution in [0.1, 0.15) is 73.2 Å². The van der Waals surface area contributed by atoms with Crippen molar-refractivity contribution in [1.29, 1.82) is 0 Å². The average molecular weight is 783 g/mol. The van der Waals surface area contributed by atoms with Gasteiger partial charge in [0, 0.05) is 48.3 Å². The standard InChI is InChI=1S/C47H46N2O7S/c50-30-32-22-24-34(25-23-32)41-28-40(31-57-47-49-44(35-13-4-1-5-14-35)45(56-47)36-15-6-2-7-16-36)54-46(55-41)39-19-11-18-38(27-39)37-17-10-12-33(26-37)29-48-42(51)20-8-3-9-21-43(52)53/h1-2,4-7,10-19,22-27,40-41,46,50H,3,8-9,20-21,28-31H2,(H,48,51)(H,52,53). The molecule has 1 aliphatic heterocycles. The topological polar surface area (TPSA) is 131 Å². The first kappa shape index (κ1) is 39.7. The Bertz CT molecular complexity index is 2170. The predicted molar refractivity (Wildman–Crippen MR) is 221 cm³/mol. The van der Waals surface area contributed by atoms with Crippen molar-refractivity contribution in [3.8, 4) is 33.7 Å². The fourth-order valence-electron chi connectivity index (χ4n) is 6.88. The largest absolute Gasteiger partial charge is 0.481 e. The summed E-state index contributed by atoms with van der Waals surface area (Å²) >= 11 is 1.52. The number of carboxylic acids is 1. The third kappa shape index (κ3) is 10.9. The second kappa shape index (κ2) is 19.6. The molecule has 1 aromatic heterocycles. The number of carboxylic acid groups (broad SMARTS) is 1. The van der Waals surface area contributed by atoms with Crippen LogP contribution in [0.4, 0.5) is 0 Å². The third-order valence-corrected chi connectivity index (χ3v) is 10.9. The number of hydrogen-bond acceptors (Lipinski definition) is 8. The van der Waals surface area contributed by atoms with Crippen molar-refractivity contribution >= 4 is 23.6 Å². The van der Waals surface area contributed by atoms with Gasteiger partial charge >= 0.3 is 5.97 Å². The van der Waals surface area contributed by atoms with Gasteiger partial charge in [-0.05, 0) is 52.8 Å². The number of aliphatic hydroxyl groups is 1. The fraction of sp³-hybridized carbons (Fsp3) is 0.255. The minimum Gasteiger partial charge on any atom is -0.481 e. The van der Waals surface area contributed by atoms with Gasteiger partial charge in [0.15, 0.2) is 12.1 Å². The maximum atomic E-state index is 12.5. The third-order valence-electron chi connectivity index (χ3n) is 9.90. The lowest BCUT2D eigenvalue weighted by Crippen LogP contribution is -2.31. The van der Waals surface area contributed by atoms with Crippen molar-refractivity contribution in [2.45, 2.75) is 75.4 Å². The number of nitrogens with one attached hydrogen (secondary N) is 1. The lowest BCUT2D eigenvalue weighted by atomic mass is 9.99. The predicted octanol–water partition coefficient (Wildman–Crippen LogP) is 10.2. The molecular weight excluding hydrogens is 737 g/mol. The number of carbonyl (C=O) groups is 2. The number of carbonyl (C=O) groups excluding carboxylic acids is 1. The van der Waals surface area contributed by atoms with Crippen LogP contribution in [0.5, 0.6) is 0 Å². The molecule has 3 unspecified atom stereocenters. The number of oxazole rings is 1. The molecule has 7 rings (SSSR count). The Labute approximate surface area is 337 Å². The molecule has 9 nitrogen and oxygen atoms in total. The molecule has 2 heterocycles. The quantitative estimate of drug-likeness (QED) is 0.0611. The van der Waals surface area contributed by atoms with Gasteiger partial charge < -0.3 is 29.4 Å². The van der Waals surface area contributed by atoms with Gasteiger partial charge in [0.1, 0.15) is 5.69 Å². The Kier molecular flexibility index (Phi) is 13.6. The van der Waals surface area contributed by atoms with Crippen molar-refractivity contribution < 1.29 is 33.7 Å². The number of rotatable bonds is 17. The van der Waals surface area contributed by atoms with Gasteiger partial charge in [-0.1, -0.05) is 140 Å². The van der Waals surface area contributed by atoms with Crippen LogP contribution >= 0.6 is 11.8 Å². The summed E-state index contributed by atoms with van der Waals surface area (Å²) in [7, 11) is 0. The molecular formula is C47H46N2O7S. The van der Waals surface area contributed by atoms with Crippen LogP contribution in [-0.4, -0.2) is 38.9 Å². The normalized spacial score (nSPS) is 16.6. The molecule has 3 atom stereocenters. The van der Waals surface area contributed by atoms with Gasteiger partial charge in [0.2, 0.25) is 5.91 Å². The Morgan fingerprint density at radius 1 is 0.702 bits per heavy atom. The number of thioether (sulfide) groups is 1. The van der Waals surface area contributed by atoms with Gasteiger partial charge in [-0.25, -0.2) is 4.98 Å². The van der Waals surface area contributed by atoms with E-state index >= 15 is 0 Å². The van der Waals surface area contributed by atoms with E-state index in [0.717, 1.165) is 56.0 Å². The highest BCUT2D eigenvalue weighted by atomic mass is 32.2. The SMILES string of the molecule is O=C(O)CCCCCC(=O)NCc1cccc(-c2cccc(C3OC(CSc4nc(-c5ccccc5)c(-c5ccccc5)o4)CC(c4ccc(CO)cc4)O3)c2)c1. The molecule has 0 spiro atoms. The maximum Gasteiger partial charge on any atom is 0.303 e. The van der Waals surface area contributed by atoms with Crippen molar-refractivity contribution in [2.75, 3.05) is 5.75 Å². The Balaban J connectivity index is 1.07. The van der Waals surface area contributed by atoms with E-state index in [1.807, 2.05) is 115 Å². The second-order valence-corrected chi connectivity index (χ2v) is 15.1. The average Bonchev–Trinajstić information content (AvgIpc) is 3.70. The van der Waals surface area contributed by atoms with Gasteiger partial charge in [0.05, 0.1) is 18.8 Å². The zero-order valence-corrected chi connectivity index (χ0v) is 32.4. The molecule has 5 aromatic carbocycles. The molecule has 1 aliphatic rings. The van der Waals surface area contributed by atoms with E-state index < -0.39 is 12.3 Å². The van der Waals surface area contributed by atoms with E-state index in [2.05, 4.69) is 23.5 Å². The first-order chi connectivity index (χ1) is 27.9. The molecule has 0 radical (unpaired) electrons. The van der Waals surface area contributed by atoms with Crippen molar-refractivity contribution in [2.24, 2.45) is 0 Å². The molecule has 1 saturated heterocycles. The summed E-state index contributed by atoms with van der Waals surface area (Å²) in [4.78, 5) is 28.1. The molecule has 57 heavy (non-hydrogen) atoms. The van der Waals surface area contributed by atoms with Crippen molar-refractivity contribution in [1.82, 2.24) is 10.3 Å². The molecule has 0 aliphatic carbocycles. The molecule has 0 saturated carbocycles. The Hall–Kier alpha value is -5.52. The zero-order chi connectivity index (χ0) is 39.4. The van der Waals surface area contributed by atoms with Crippen LogP contribution in [0.2, 0.25) is 0 Å². The lowest BCUT2D eigenvalue weighted by Gasteiger charge is -2.36. The van der Waals surface area contributed by atoms with E-state index in [1.165, 1.54) is 11.8 Å². The first-order valence-corrected chi connectivity index (χ1v) is 20.3. The van der Waals surface area contributed by atoms with Gasteiger partial charge in [-0.3, -0.25) is 9.59 Å². The molecule has 10 heteroatoms. The highest BCUT2D eigenvalue weighted by Crippen LogP contribution is 2.41. The first-order valence-electron chi connectivity index (χ1n) is 19.3. The van der Waals surface area contributed by atoms with Gasteiger partial charge in [-0.2, -0.15) is 0 Å². The van der Waals surface area contributed by atoms with Gasteiger partial charge in [0.25, 0.3) is 5.22 Å². The summed E-state index contributed by atoms with van der Waals surface area (Å²) in [5.41, 5.74) is 8.44. The van der Waals surface area contributed by atoms with Crippen LogP contribution in [0.25, 0.3) is 33.7 Å².